The molecule has 0 unspecified atom stereocenters. The number of fused-ring (bicyclic) bond motifs is 1. The van der Waals surface area contributed by atoms with Crippen molar-refractivity contribution in [3.05, 3.63) is 11.4 Å². The van der Waals surface area contributed by atoms with Crippen LogP contribution in [0.25, 0.3) is 10.2 Å². The van der Waals surface area contributed by atoms with E-state index in [1.54, 1.807) is 11.3 Å². The summed E-state index contributed by atoms with van der Waals surface area (Å²) in [5.41, 5.74) is 3.01. The normalized spacial score (nSPS) is 10.5. The topological polar surface area (TPSA) is 25.8 Å². The summed E-state index contributed by atoms with van der Waals surface area (Å²) in [6.45, 7) is 0. The van der Waals surface area contributed by atoms with E-state index in [-0.39, 0.29) is 0 Å². The Hall–Kier alpha value is -0.830. The van der Waals surface area contributed by atoms with Gasteiger partial charge < -0.3 is 0 Å². The van der Waals surface area contributed by atoms with E-state index in [4.69, 9.17) is 0 Å². The van der Waals surface area contributed by atoms with E-state index in [0.717, 1.165) is 16.8 Å². The first-order valence-corrected chi connectivity index (χ1v) is 4.34. The van der Waals surface area contributed by atoms with Crippen molar-refractivity contribution in [2.24, 2.45) is 0 Å². The van der Waals surface area contributed by atoms with E-state index in [1.165, 1.54) is 4.70 Å². The third kappa shape index (κ3) is 1.05. The number of hydrogen-bond acceptors (Lipinski definition) is 3. The molecule has 0 spiro atoms. The predicted octanol–water partition coefficient (Wildman–Crippen LogP) is -1.79. The number of hydrogen-bond donors (Lipinski definition) is 0. The summed E-state index contributed by atoms with van der Waals surface area (Å²) in [5, 5.41) is 2.05. The van der Waals surface area contributed by atoms with Crippen LogP contribution in [0, 0.1) is 0 Å². The van der Waals surface area contributed by atoms with Crippen molar-refractivity contribution in [2.75, 3.05) is 0 Å². The van der Waals surface area contributed by atoms with Crippen molar-refractivity contribution in [3.63, 3.8) is 0 Å². The Morgan fingerprint density at radius 3 is 2.91 bits per heavy atom. The predicted molar refractivity (Wildman–Crippen MR) is 53.8 cm³/mol. The first-order valence-electron chi connectivity index (χ1n) is 3.46. The largest absolute Gasteiger partial charge is 0.259 e. The molecule has 2 rings (SSSR count). The molecule has 52 valence electrons. The van der Waals surface area contributed by atoms with E-state index >= 15 is 0 Å². The molecule has 0 N–H and O–H groups in total. The van der Waals surface area contributed by atoms with Gasteiger partial charge in [-0.05, 0) is 11.4 Å². The third-order valence-electron chi connectivity index (χ3n) is 1.58. The lowest BCUT2D eigenvalue weighted by molar-refractivity contribution is 1.34. The summed E-state index contributed by atoms with van der Waals surface area (Å²) in [5.74, 6) is 0. The maximum Gasteiger partial charge on any atom is 0.189 e. The second kappa shape index (κ2) is 2.34. The molecule has 0 amide bonds. The molecule has 0 aromatic carbocycles. The summed E-state index contributed by atoms with van der Waals surface area (Å²) >= 11 is 1.70. The summed E-state index contributed by atoms with van der Waals surface area (Å²) in [7, 11) is 3.94. The van der Waals surface area contributed by atoms with Crippen LogP contribution < -0.4 is 11.3 Å². The van der Waals surface area contributed by atoms with Crippen molar-refractivity contribution >= 4 is 48.6 Å². The summed E-state index contributed by atoms with van der Waals surface area (Å²) < 4.78 is 1.20. The maximum absolute atomic E-state index is 4.30. The molecular formula is C6H6B2N2S. The molecule has 2 nitrogen and oxygen atoms in total. The fraction of sp³-hybridized carbons (Fsp3) is 0. The molecule has 0 aliphatic rings. The lowest BCUT2D eigenvalue weighted by Crippen LogP contribution is -2.23. The minimum Gasteiger partial charge on any atom is -0.259 e. The Morgan fingerprint density at radius 2 is 2.09 bits per heavy atom. The Labute approximate surface area is 70.5 Å². The first-order chi connectivity index (χ1) is 5.27. The molecule has 0 aliphatic carbocycles. The second-order valence-electron chi connectivity index (χ2n) is 2.49. The van der Waals surface area contributed by atoms with Crippen molar-refractivity contribution in [1.29, 1.82) is 0 Å². The quantitative estimate of drug-likeness (QED) is 0.425. The van der Waals surface area contributed by atoms with E-state index in [0.29, 0.717) is 0 Å². The molecule has 2 heterocycles. The summed E-state index contributed by atoms with van der Waals surface area (Å²) in [4.78, 5) is 8.57. The lowest BCUT2D eigenvalue weighted by atomic mass is 10.0. The van der Waals surface area contributed by atoms with Crippen molar-refractivity contribution < 1.29 is 0 Å². The minimum absolute atomic E-state index is 0.855. The molecule has 0 saturated heterocycles. The van der Waals surface area contributed by atoms with E-state index in [2.05, 4.69) is 9.97 Å². The van der Waals surface area contributed by atoms with Crippen LogP contribution in [0.1, 0.15) is 0 Å². The fourth-order valence-corrected chi connectivity index (χ4v) is 1.94. The van der Waals surface area contributed by atoms with Gasteiger partial charge in [0.05, 0.1) is 15.9 Å². The molecule has 0 radical (unpaired) electrons. The van der Waals surface area contributed by atoms with Crippen LogP contribution in [0.5, 0.6) is 0 Å². The van der Waals surface area contributed by atoms with Gasteiger partial charge in [-0.2, -0.15) is 0 Å². The number of rotatable bonds is 0. The van der Waals surface area contributed by atoms with Crippen LogP contribution in [0.2, 0.25) is 0 Å². The molecule has 2 aromatic rings. The Kier molecular flexibility index (Phi) is 1.46. The molecular weight excluding hydrogens is 154 g/mol. The van der Waals surface area contributed by atoms with Crippen LogP contribution in [0.15, 0.2) is 11.4 Å². The molecule has 11 heavy (non-hydrogen) atoms. The average Bonchev–Trinajstić information content (AvgIpc) is 2.34. The van der Waals surface area contributed by atoms with Gasteiger partial charge in [0, 0.05) is 5.59 Å². The zero-order valence-corrected chi connectivity index (χ0v) is 7.27. The van der Waals surface area contributed by atoms with Gasteiger partial charge in [-0.3, -0.25) is 4.98 Å². The molecule has 0 saturated carbocycles. The van der Waals surface area contributed by atoms with Crippen LogP contribution >= 0.6 is 11.3 Å². The maximum atomic E-state index is 4.30. The van der Waals surface area contributed by atoms with Crippen LogP contribution in [-0.4, -0.2) is 25.7 Å². The van der Waals surface area contributed by atoms with E-state index in [9.17, 15) is 0 Å². The van der Waals surface area contributed by atoms with Gasteiger partial charge in [-0.1, -0.05) is 0 Å². The summed E-state index contributed by atoms with van der Waals surface area (Å²) in [6.07, 6.45) is 0. The van der Waals surface area contributed by atoms with Crippen LogP contribution in [0.3, 0.4) is 0 Å². The monoisotopic (exact) mass is 160 g/mol. The molecule has 0 aliphatic heterocycles. The van der Waals surface area contributed by atoms with Gasteiger partial charge in [-0.15, -0.1) is 11.3 Å². The average molecular weight is 160 g/mol. The summed E-state index contributed by atoms with van der Waals surface area (Å²) in [6, 6.07) is 2.03. The van der Waals surface area contributed by atoms with Crippen LogP contribution in [0.4, 0.5) is 0 Å². The highest BCUT2D eigenvalue weighted by atomic mass is 32.1. The second-order valence-corrected chi connectivity index (χ2v) is 3.41. The Bertz CT molecular complexity index is 398. The zero-order valence-electron chi connectivity index (χ0n) is 6.46. The molecule has 2 aromatic heterocycles. The Morgan fingerprint density at radius 1 is 1.27 bits per heavy atom. The SMILES string of the molecule is Bc1nc(B)c2sccc2n1. The molecule has 0 fully saturated rings. The van der Waals surface area contributed by atoms with Gasteiger partial charge in [0.25, 0.3) is 0 Å². The highest BCUT2D eigenvalue weighted by molar-refractivity contribution is 7.18. The van der Waals surface area contributed by atoms with Crippen molar-refractivity contribution in [3.8, 4) is 0 Å². The van der Waals surface area contributed by atoms with Gasteiger partial charge in [0.1, 0.15) is 0 Å². The van der Waals surface area contributed by atoms with Crippen LogP contribution in [-0.2, 0) is 0 Å². The van der Waals surface area contributed by atoms with E-state index < -0.39 is 0 Å². The first kappa shape index (κ1) is 6.85. The van der Waals surface area contributed by atoms with Crippen molar-refractivity contribution in [2.45, 2.75) is 0 Å². The molecule has 0 bridgehead atoms. The van der Waals surface area contributed by atoms with Crippen molar-refractivity contribution in [1.82, 2.24) is 9.97 Å². The van der Waals surface area contributed by atoms with Gasteiger partial charge >= 0.3 is 0 Å². The Balaban J connectivity index is 2.91. The highest BCUT2D eigenvalue weighted by Gasteiger charge is 2.00. The molecule has 5 heteroatoms. The smallest absolute Gasteiger partial charge is 0.189 e. The number of thiophene rings is 1. The van der Waals surface area contributed by atoms with Gasteiger partial charge in [0.2, 0.25) is 0 Å². The zero-order chi connectivity index (χ0) is 7.84. The highest BCUT2D eigenvalue weighted by Crippen LogP contribution is 2.12. The third-order valence-corrected chi connectivity index (χ3v) is 2.60. The van der Waals surface area contributed by atoms with Gasteiger partial charge in [-0.25, -0.2) is 4.98 Å². The van der Waals surface area contributed by atoms with E-state index in [1.807, 2.05) is 27.1 Å². The number of aromatic nitrogens is 2. The minimum atomic E-state index is 0.855. The standard InChI is InChI=1S/C6H6B2N2S/c7-5-4-3(1-2-11-4)9-6(8)10-5/h1-2H,7-8H2. The number of nitrogens with zero attached hydrogens (tertiary/aromatic N) is 2. The van der Waals surface area contributed by atoms with Gasteiger partial charge in [0.15, 0.2) is 15.7 Å². The lowest BCUT2D eigenvalue weighted by Gasteiger charge is -1.95. The molecule has 0 atom stereocenters. The fourth-order valence-electron chi connectivity index (χ4n) is 1.15.